The van der Waals surface area contributed by atoms with Crippen LogP contribution in [0, 0.1) is 0 Å². The Bertz CT molecular complexity index is 809. The molecule has 0 spiro atoms. The topological polar surface area (TPSA) is 50.7 Å². The maximum Gasteiger partial charge on any atom is 0.134 e. The molecule has 1 aliphatic rings. The lowest BCUT2D eigenvalue weighted by Gasteiger charge is -2.08. The van der Waals surface area contributed by atoms with Crippen LogP contribution < -0.4 is 5.32 Å². The van der Waals surface area contributed by atoms with Gasteiger partial charge >= 0.3 is 0 Å². The van der Waals surface area contributed by atoms with Gasteiger partial charge in [-0.25, -0.2) is 9.97 Å². The highest BCUT2D eigenvalue weighted by Gasteiger charge is 2.27. The molecule has 0 saturated heterocycles. The SMILES string of the molecule is CNc1cc(-c2ccc3cccnc3c2)nc(C2CC2)n1. The average Bonchev–Trinajstić information content (AvgIpc) is 3.39. The van der Waals surface area contributed by atoms with Gasteiger partial charge < -0.3 is 5.32 Å². The van der Waals surface area contributed by atoms with E-state index in [1.807, 2.05) is 25.4 Å². The minimum absolute atomic E-state index is 0.538. The first kappa shape index (κ1) is 12.3. The molecule has 104 valence electrons. The second-order valence-electron chi connectivity index (χ2n) is 5.43. The van der Waals surface area contributed by atoms with Crippen LogP contribution in [0.5, 0.6) is 0 Å². The van der Waals surface area contributed by atoms with E-state index in [2.05, 4.69) is 39.6 Å². The van der Waals surface area contributed by atoms with Gasteiger partial charge in [0.05, 0.1) is 11.2 Å². The summed E-state index contributed by atoms with van der Waals surface area (Å²) in [7, 11) is 1.89. The zero-order valence-corrected chi connectivity index (χ0v) is 11.9. The maximum absolute atomic E-state index is 4.74. The van der Waals surface area contributed by atoms with Gasteiger partial charge in [-0.05, 0) is 25.0 Å². The van der Waals surface area contributed by atoms with Gasteiger partial charge in [-0.3, -0.25) is 4.98 Å². The van der Waals surface area contributed by atoms with Crippen molar-refractivity contribution in [1.82, 2.24) is 15.0 Å². The fraction of sp³-hybridized carbons (Fsp3) is 0.235. The van der Waals surface area contributed by atoms with E-state index in [1.54, 1.807) is 0 Å². The predicted octanol–water partition coefficient (Wildman–Crippen LogP) is 3.61. The number of aromatic nitrogens is 3. The third kappa shape index (κ3) is 2.33. The molecule has 1 aliphatic carbocycles. The van der Waals surface area contributed by atoms with Gasteiger partial charge in [0.2, 0.25) is 0 Å². The Morgan fingerprint density at radius 2 is 2.00 bits per heavy atom. The molecule has 4 nitrogen and oxygen atoms in total. The Hall–Kier alpha value is -2.49. The van der Waals surface area contributed by atoms with E-state index in [-0.39, 0.29) is 0 Å². The lowest BCUT2D eigenvalue weighted by atomic mass is 10.1. The average molecular weight is 276 g/mol. The zero-order valence-electron chi connectivity index (χ0n) is 11.9. The van der Waals surface area contributed by atoms with Crippen molar-refractivity contribution in [1.29, 1.82) is 0 Å². The quantitative estimate of drug-likeness (QED) is 0.794. The van der Waals surface area contributed by atoms with Gasteiger partial charge in [-0.1, -0.05) is 18.2 Å². The highest BCUT2D eigenvalue weighted by Crippen LogP contribution is 2.39. The van der Waals surface area contributed by atoms with Crippen molar-refractivity contribution >= 4 is 16.7 Å². The van der Waals surface area contributed by atoms with Crippen molar-refractivity contribution in [2.45, 2.75) is 18.8 Å². The van der Waals surface area contributed by atoms with Crippen molar-refractivity contribution in [3.63, 3.8) is 0 Å². The number of hydrogen-bond donors (Lipinski definition) is 1. The Kier molecular flexibility index (Phi) is 2.81. The molecule has 1 aromatic carbocycles. The number of nitrogens with zero attached hydrogens (tertiary/aromatic N) is 3. The van der Waals surface area contributed by atoms with E-state index in [9.17, 15) is 0 Å². The summed E-state index contributed by atoms with van der Waals surface area (Å²) in [6.07, 6.45) is 4.22. The van der Waals surface area contributed by atoms with Gasteiger partial charge in [0, 0.05) is 36.2 Å². The number of pyridine rings is 1. The van der Waals surface area contributed by atoms with Crippen LogP contribution in [-0.4, -0.2) is 22.0 Å². The van der Waals surface area contributed by atoms with E-state index in [4.69, 9.17) is 4.98 Å². The van der Waals surface area contributed by atoms with E-state index >= 15 is 0 Å². The molecule has 2 aromatic heterocycles. The maximum atomic E-state index is 4.74. The standard InChI is InChI=1S/C17H16N4/c1-18-16-10-15(20-17(21-16)12-5-6-12)13-7-4-11-3-2-8-19-14(11)9-13/h2-4,7-10,12H,5-6H2,1H3,(H,18,20,21). The second kappa shape index (κ2) is 4.81. The highest BCUT2D eigenvalue weighted by molar-refractivity contribution is 5.83. The fourth-order valence-electron chi connectivity index (χ4n) is 2.49. The summed E-state index contributed by atoms with van der Waals surface area (Å²) in [5.41, 5.74) is 3.04. The lowest BCUT2D eigenvalue weighted by Crippen LogP contribution is -2.00. The molecule has 21 heavy (non-hydrogen) atoms. The summed E-state index contributed by atoms with van der Waals surface area (Å²) in [5.74, 6) is 2.37. The monoisotopic (exact) mass is 276 g/mol. The Morgan fingerprint density at radius 1 is 1.10 bits per heavy atom. The molecule has 1 saturated carbocycles. The first-order chi connectivity index (χ1) is 10.3. The minimum Gasteiger partial charge on any atom is -0.373 e. The molecular formula is C17H16N4. The van der Waals surface area contributed by atoms with E-state index in [0.717, 1.165) is 33.8 Å². The summed E-state index contributed by atoms with van der Waals surface area (Å²) in [4.78, 5) is 13.7. The van der Waals surface area contributed by atoms with Crippen LogP contribution in [-0.2, 0) is 0 Å². The number of benzene rings is 1. The summed E-state index contributed by atoms with van der Waals surface area (Å²) >= 11 is 0. The molecular weight excluding hydrogens is 260 g/mol. The van der Waals surface area contributed by atoms with E-state index in [1.165, 1.54) is 12.8 Å². The van der Waals surface area contributed by atoms with Gasteiger partial charge in [0.15, 0.2) is 0 Å². The molecule has 0 atom stereocenters. The lowest BCUT2D eigenvalue weighted by molar-refractivity contribution is 0.932. The van der Waals surface area contributed by atoms with Crippen molar-refractivity contribution < 1.29 is 0 Å². The molecule has 2 heterocycles. The predicted molar refractivity (Wildman–Crippen MR) is 84.3 cm³/mol. The molecule has 4 heteroatoms. The molecule has 0 aliphatic heterocycles. The van der Waals surface area contributed by atoms with E-state index in [0.29, 0.717) is 5.92 Å². The van der Waals surface area contributed by atoms with E-state index < -0.39 is 0 Å². The van der Waals surface area contributed by atoms with Crippen molar-refractivity contribution in [3.8, 4) is 11.3 Å². The normalized spacial score (nSPS) is 14.3. The van der Waals surface area contributed by atoms with Gasteiger partial charge in [-0.15, -0.1) is 0 Å². The number of fused-ring (bicyclic) bond motifs is 1. The van der Waals surface area contributed by atoms with Crippen LogP contribution in [0.2, 0.25) is 0 Å². The molecule has 4 rings (SSSR count). The molecule has 3 aromatic rings. The number of hydrogen-bond acceptors (Lipinski definition) is 4. The molecule has 0 unspecified atom stereocenters. The first-order valence-electron chi connectivity index (χ1n) is 7.25. The van der Waals surface area contributed by atoms with Crippen LogP contribution in [0.25, 0.3) is 22.2 Å². The van der Waals surface area contributed by atoms with Crippen molar-refractivity contribution in [2.24, 2.45) is 0 Å². The van der Waals surface area contributed by atoms with Crippen LogP contribution in [0.4, 0.5) is 5.82 Å². The van der Waals surface area contributed by atoms with Crippen LogP contribution >= 0.6 is 0 Å². The van der Waals surface area contributed by atoms with Crippen molar-refractivity contribution in [3.05, 3.63) is 48.4 Å². The summed E-state index contributed by atoms with van der Waals surface area (Å²) in [6, 6.07) is 12.3. The smallest absolute Gasteiger partial charge is 0.134 e. The third-order valence-corrected chi connectivity index (χ3v) is 3.84. The molecule has 0 amide bonds. The number of rotatable bonds is 3. The second-order valence-corrected chi connectivity index (χ2v) is 5.43. The fourth-order valence-corrected chi connectivity index (χ4v) is 2.49. The molecule has 1 N–H and O–H groups in total. The Morgan fingerprint density at radius 3 is 2.81 bits per heavy atom. The van der Waals surface area contributed by atoms with Gasteiger partial charge in [-0.2, -0.15) is 0 Å². The number of anilines is 1. The highest BCUT2D eigenvalue weighted by atomic mass is 15.0. The van der Waals surface area contributed by atoms with Gasteiger partial charge in [0.25, 0.3) is 0 Å². The largest absolute Gasteiger partial charge is 0.373 e. The summed E-state index contributed by atoms with van der Waals surface area (Å²) < 4.78 is 0. The molecule has 1 fully saturated rings. The minimum atomic E-state index is 0.538. The van der Waals surface area contributed by atoms with Gasteiger partial charge in [0.1, 0.15) is 11.6 Å². The van der Waals surface area contributed by atoms with Crippen LogP contribution in [0.3, 0.4) is 0 Å². The summed E-state index contributed by atoms with van der Waals surface area (Å²) in [6.45, 7) is 0. The number of nitrogens with one attached hydrogen (secondary N) is 1. The molecule has 0 radical (unpaired) electrons. The molecule has 0 bridgehead atoms. The summed E-state index contributed by atoms with van der Waals surface area (Å²) in [5, 5.41) is 4.28. The van der Waals surface area contributed by atoms with Crippen LogP contribution in [0.1, 0.15) is 24.6 Å². The first-order valence-corrected chi connectivity index (χ1v) is 7.25. The Balaban J connectivity index is 1.84. The third-order valence-electron chi connectivity index (χ3n) is 3.84. The zero-order chi connectivity index (χ0) is 14.2. The van der Waals surface area contributed by atoms with Crippen molar-refractivity contribution in [2.75, 3.05) is 12.4 Å². The van der Waals surface area contributed by atoms with Crippen LogP contribution in [0.15, 0.2) is 42.6 Å². The Labute approximate surface area is 123 Å².